The third-order valence-corrected chi connectivity index (χ3v) is 7.76. The number of nitrogens with zero attached hydrogens (tertiary/aromatic N) is 5. The Morgan fingerprint density at radius 1 is 1.32 bits per heavy atom. The number of nitrogens with one attached hydrogen (secondary N) is 2. The van der Waals surface area contributed by atoms with E-state index in [1.807, 2.05) is 11.0 Å². The van der Waals surface area contributed by atoms with Crippen molar-refractivity contribution in [3.63, 3.8) is 0 Å². The Labute approximate surface area is 218 Å². The lowest BCUT2D eigenvalue weighted by molar-refractivity contribution is -0.129. The third-order valence-electron chi connectivity index (χ3n) is 7.76. The smallest absolute Gasteiger partial charge is 0.219 e. The fourth-order valence-electron chi connectivity index (χ4n) is 5.93. The molecule has 1 fully saturated rings. The van der Waals surface area contributed by atoms with Crippen molar-refractivity contribution in [3.05, 3.63) is 46.3 Å². The Balaban J connectivity index is 1.65. The number of amides is 1. The Kier molecular flexibility index (Phi) is 7.02. The van der Waals surface area contributed by atoms with Crippen molar-refractivity contribution >= 4 is 29.2 Å². The minimum atomic E-state index is 0.0785. The fourth-order valence-corrected chi connectivity index (χ4v) is 5.93. The van der Waals surface area contributed by atoms with Crippen LogP contribution >= 0.6 is 0 Å². The van der Waals surface area contributed by atoms with Gasteiger partial charge in [0.15, 0.2) is 5.82 Å². The molecule has 9 nitrogen and oxygen atoms in total. The summed E-state index contributed by atoms with van der Waals surface area (Å²) < 4.78 is 7.83. The highest BCUT2D eigenvalue weighted by atomic mass is 16.5. The van der Waals surface area contributed by atoms with E-state index in [1.165, 1.54) is 11.9 Å². The highest BCUT2D eigenvalue weighted by Crippen LogP contribution is 2.42. The first-order valence-corrected chi connectivity index (χ1v) is 13.1. The van der Waals surface area contributed by atoms with Crippen molar-refractivity contribution in [2.75, 3.05) is 38.3 Å². The minimum absolute atomic E-state index is 0.0785. The van der Waals surface area contributed by atoms with E-state index >= 15 is 0 Å². The number of benzene rings is 1. The van der Waals surface area contributed by atoms with E-state index in [1.54, 1.807) is 20.2 Å². The van der Waals surface area contributed by atoms with Gasteiger partial charge in [-0.15, -0.1) is 0 Å². The standard InChI is InChI=1S/C28H35N7O2/c1-18-10-20-11-24(22(14-30)15-31-3)21(13-29)12-27(20)34(16-18)28-25-17-33(19(2)36)7-4-26(25)35(32-28)23-5-8-37-9-6-23/h11-12,14-15,18,23,30-31H,4-10,16-17H2,1-3H3/b22-15+,30-14?. The molecular weight excluding hydrogens is 466 g/mol. The van der Waals surface area contributed by atoms with Crippen molar-refractivity contribution in [2.45, 2.75) is 52.1 Å². The van der Waals surface area contributed by atoms with E-state index in [-0.39, 0.29) is 5.91 Å². The summed E-state index contributed by atoms with van der Waals surface area (Å²) in [6, 6.07) is 6.66. The molecular formula is C28H35N7O2. The van der Waals surface area contributed by atoms with Gasteiger partial charge in [0.2, 0.25) is 5.91 Å². The molecule has 2 aromatic rings. The summed E-state index contributed by atoms with van der Waals surface area (Å²) in [7, 11) is 1.79. The van der Waals surface area contributed by atoms with Gasteiger partial charge in [0.05, 0.1) is 24.2 Å². The highest BCUT2D eigenvalue weighted by molar-refractivity contribution is 6.09. The highest BCUT2D eigenvalue weighted by Gasteiger charge is 2.34. The molecule has 194 valence electrons. The Hall–Kier alpha value is -3.64. The maximum atomic E-state index is 12.3. The first-order valence-electron chi connectivity index (χ1n) is 13.1. The summed E-state index contributed by atoms with van der Waals surface area (Å²) in [5.41, 5.74) is 6.44. The molecule has 1 saturated heterocycles. The second kappa shape index (κ2) is 10.4. The van der Waals surface area contributed by atoms with Crippen LogP contribution in [-0.4, -0.2) is 60.2 Å². The minimum Gasteiger partial charge on any atom is -0.393 e. The largest absolute Gasteiger partial charge is 0.393 e. The van der Waals surface area contributed by atoms with Gasteiger partial charge >= 0.3 is 0 Å². The zero-order valence-corrected chi connectivity index (χ0v) is 21.9. The summed E-state index contributed by atoms with van der Waals surface area (Å²) in [5, 5.41) is 26.1. The van der Waals surface area contributed by atoms with Gasteiger partial charge in [-0.25, -0.2) is 0 Å². The van der Waals surface area contributed by atoms with Crippen LogP contribution in [0.1, 0.15) is 60.7 Å². The molecule has 2 N–H and O–H groups in total. The molecule has 0 spiro atoms. The lowest BCUT2D eigenvalue weighted by atomic mass is 9.88. The molecule has 1 aromatic carbocycles. The number of fused-ring (bicyclic) bond motifs is 2. The molecule has 0 aliphatic carbocycles. The van der Waals surface area contributed by atoms with Gasteiger partial charge in [0.25, 0.3) is 0 Å². The number of ether oxygens (including phenoxy) is 1. The van der Waals surface area contributed by atoms with E-state index in [9.17, 15) is 10.1 Å². The molecule has 0 radical (unpaired) electrons. The summed E-state index contributed by atoms with van der Waals surface area (Å²) in [4.78, 5) is 16.5. The zero-order valence-electron chi connectivity index (χ0n) is 21.9. The molecule has 1 atom stereocenters. The number of allylic oxidation sites excluding steroid dienone is 1. The van der Waals surface area contributed by atoms with Crippen LogP contribution in [0.4, 0.5) is 11.5 Å². The number of carbonyl (C=O) groups excluding carboxylic acids is 1. The van der Waals surface area contributed by atoms with E-state index in [4.69, 9.17) is 15.2 Å². The second-order valence-corrected chi connectivity index (χ2v) is 10.3. The molecule has 5 rings (SSSR count). The van der Waals surface area contributed by atoms with Gasteiger partial charge < -0.3 is 25.3 Å². The quantitative estimate of drug-likeness (QED) is 0.607. The number of anilines is 2. The molecule has 1 unspecified atom stereocenters. The van der Waals surface area contributed by atoms with Crippen LogP contribution in [0.5, 0.6) is 0 Å². The summed E-state index contributed by atoms with van der Waals surface area (Å²) in [5.74, 6) is 1.35. The third kappa shape index (κ3) is 4.62. The lowest BCUT2D eigenvalue weighted by Gasteiger charge is -2.35. The van der Waals surface area contributed by atoms with Crippen LogP contribution in [0.2, 0.25) is 0 Å². The monoisotopic (exact) mass is 501 g/mol. The molecule has 3 aliphatic heterocycles. The number of rotatable bonds is 5. The van der Waals surface area contributed by atoms with Crippen LogP contribution in [0.3, 0.4) is 0 Å². The normalized spacial score (nSPS) is 20.2. The molecule has 0 bridgehead atoms. The number of hydrogen-bond donors (Lipinski definition) is 2. The Morgan fingerprint density at radius 2 is 2.11 bits per heavy atom. The molecule has 0 saturated carbocycles. The molecule has 1 amide bonds. The van der Waals surface area contributed by atoms with Gasteiger partial charge in [0, 0.05) is 87.2 Å². The molecule has 37 heavy (non-hydrogen) atoms. The second-order valence-electron chi connectivity index (χ2n) is 10.3. The topological polar surface area (TPSA) is 110 Å². The predicted octanol–water partition coefficient (Wildman–Crippen LogP) is 3.55. The Morgan fingerprint density at radius 3 is 2.78 bits per heavy atom. The molecule has 3 aliphatic rings. The summed E-state index contributed by atoms with van der Waals surface area (Å²) in [6.45, 7) is 7.39. The van der Waals surface area contributed by atoms with Crippen molar-refractivity contribution in [3.8, 4) is 6.07 Å². The maximum absolute atomic E-state index is 12.3. The average Bonchev–Trinajstić information content (AvgIpc) is 3.29. The predicted molar refractivity (Wildman–Crippen MR) is 143 cm³/mol. The average molecular weight is 502 g/mol. The van der Waals surface area contributed by atoms with Crippen LogP contribution in [0.15, 0.2) is 18.3 Å². The number of aromatic nitrogens is 2. The van der Waals surface area contributed by atoms with Gasteiger partial charge in [-0.1, -0.05) is 6.92 Å². The van der Waals surface area contributed by atoms with Crippen molar-refractivity contribution in [1.82, 2.24) is 20.0 Å². The van der Waals surface area contributed by atoms with Crippen molar-refractivity contribution in [1.29, 1.82) is 10.7 Å². The van der Waals surface area contributed by atoms with Crippen LogP contribution < -0.4 is 10.2 Å². The number of nitriles is 1. The summed E-state index contributed by atoms with van der Waals surface area (Å²) >= 11 is 0. The number of carbonyl (C=O) groups is 1. The van der Waals surface area contributed by atoms with Crippen LogP contribution in [0.25, 0.3) is 5.57 Å². The molecule has 1 aromatic heterocycles. The van der Waals surface area contributed by atoms with Gasteiger partial charge in [0.1, 0.15) is 0 Å². The van der Waals surface area contributed by atoms with Crippen molar-refractivity contribution < 1.29 is 9.53 Å². The first kappa shape index (κ1) is 25.0. The summed E-state index contributed by atoms with van der Waals surface area (Å²) in [6.07, 6.45) is 6.58. The molecule has 9 heteroatoms. The zero-order chi connectivity index (χ0) is 26.1. The lowest BCUT2D eigenvalue weighted by Crippen LogP contribution is -2.36. The van der Waals surface area contributed by atoms with E-state index in [0.29, 0.717) is 36.2 Å². The first-order chi connectivity index (χ1) is 17.9. The fraction of sp³-hybridized carbons (Fsp3) is 0.500. The number of hydrogen-bond acceptors (Lipinski definition) is 7. The van der Waals surface area contributed by atoms with Gasteiger partial charge in [-0.3, -0.25) is 9.48 Å². The van der Waals surface area contributed by atoms with Gasteiger partial charge in [-0.2, -0.15) is 10.4 Å². The van der Waals surface area contributed by atoms with Crippen molar-refractivity contribution in [2.24, 2.45) is 5.92 Å². The molecule has 4 heterocycles. The van der Waals surface area contributed by atoms with E-state index in [0.717, 1.165) is 73.6 Å². The Bertz CT molecular complexity index is 1280. The van der Waals surface area contributed by atoms with Gasteiger partial charge in [-0.05, 0) is 42.9 Å². The maximum Gasteiger partial charge on any atom is 0.219 e. The van der Waals surface area contributed by atoms with E-state index in [2.05, 4.69) is 34.0 Å². The van der Waals surface area contributed by atoms with E-state index < -0.39 is 0 Å². The SMILES string of the molecule is CN/C=C(\C=N)c1cc2c(cc1C#N)N(c1nn(C3CCOCC3)c3c1CN(C(C)=O)CC3)CC(C)C2. The van der Waals surface area contributed by atoms with Crippen LogP contribution in [-0.2, 0) is 28.9 Å². The van der Waals surface area contributed by atoms with Crippen LogP contribution in [0, 0.1) is 22.7 Å².